The SMILES string of the molecule is c1ccc(N(c2ccc3c(c2)oc2ccccc23)c2cc(N(c3ccccc3)c3ccc4c(c3)oc3ccccc34)c3ccc4c5ccccc5ccc4c3c2)cc1. The first-order valence-electron chi connectivity index (χ1n) is 19.7. The highest BCUT2D eigenvalue weighted by atomic mass is 16.3. The zero-order valence-electron chi connectivity index (χ0n) is 31.3. The van der Waals surface area contributed by atoms with Gasteiger partial charge in [0.1, 0.15) is 22.3 Å². The lowest BCUT2D eigenvalue weighted by atomic mass is 9.95. The molecule has 0 saturated heterocycles. The second kappa shape index (κ2) is 12.9. The minimum Gasteiger partial charge on any atom is -0.456 e. The van der Waals surface area contributed by atoms with Crippen LogP contribution in [0.15, 0.2) is 215 Å². The largest absolute Gasteiger partial charge is 0.456 e. The van der Waals surface area contributed by atoms with Crippen LogP contribution in [-0.2, 0) is 0 Å². The van der Waals surface area contributed by atoms with Crippen LogP contribution in [0.3, 0.4) is 0 Å². The first-order valence-corrected chi connectivity index (χ1v) is 19.7. The molecule has 0 aliphatic rings. The van der Waals surface area contributed by atoms with Crippen molar-refractivity contribution >= 4 is 110 Å². The molecular weight excluding hydrogens is 709 g/mol. The maximum atomic E-state index is 6.49. The molecule has 4 nitrogen and oxygen atoms in total. The Balaban J connectivity index is 1.17. The van der Waals surface area contributed by atoms with E-state index in [0.717, 1.165) is 88.8 Å². The number of anilines is 6. The highest BCUT2D eigenvalue weighted by molar-refractivity contribution is 6.21. The minimum atomic E-state index is 0.849. The number of benzene rings is 10. The Morgan fingerprint density at radius 2 is 0.707 bits per heavy atom. The van der Waals surface area contributed by atoms with Gasteiger partial charge in [-0.2, -0.15) is 0 Å². The van der Waals surface area contributed by atoms with Crippen LogP contribution in [0.1, 0.15) is 0 Å². The molecule has 0 aliphatic heterocycles. The van der Waals surface area contributed by atoms with Gasteiger partial charge in [-0.1, -0.05) is 121 Å². The third-order valence-corrected chi connectivity index (χ3v) is 11.6. The topological polar surface area (TPSA) is 32.8 Å². The lowest BCUT2D eigenvalue weighted by Gasteiger charge is -2.31. The van der Waals surface area contributed by atoms with Crippen LogP contribution in [0.5, 0.6) is 0 Å². The van der Waals surface area contributed by atoms with Crippen molar-refractivity contribution in [1.82, 2.24) is 0 Å². The number of furan rings is 2. The highest BCUT2D eigenvalue weighted by Gasteiger charge is 2.23. The molecule has 12 aromatic rings. The van der Waals surface area contributed by atoms with Crippen LogP contribution in [0.25, 0.3) is 76.2 Å². The molecule has 0 amide bonds. The molecule has 0 spiro atoms. The lowest BCUT2D eigenvalue weighted by Crippen LogP contribution is -2.14. The Kier molecular flexibility index (Phi) is 7.20. The van der Waals surface area contributed by atoms with E-state index < -0.39 is 0 Å². The Bertz CT molecular complexity index is 3530. The van der Waals surface area contributed by atoms with Crippen LogP contribution in [0.2, 0.25) is 0 Å². The second-order valence-electron chi connectivity index (χ2n) is 14.9. The Hall–Kier alpha value is -7.82. The first kappa shape index (κ1) is 32.4. The molecule has 0 saturated carbocycles. The molecule has 0 atom stereocenters. The average molecular weight is 743 g/mol. The average Bonchev–Trinajstić information content (AvgIpc) is 3.85. The molecule has 0 bridgehead atoms. The predicted octanol–water partition coefficient (Wildman–Crippen LogP) is 15.9. The van der Waals surface area contributed by atoms with E-state index in [2.05, 4.69) is 192 Å². The van der Waals surface area contributed by atoms with E-state index in [1.807, 2.05) is 24.3 Å². The normalized spacial score (nSPS) is 11.8. The number of hydrogen-bond donors (Lipinski definition) is 0. The number of hydrogen-bond acceptors (Lipinski definition) is 4. The molecule has 272 valence electrons. The summed E-state index contributed by atoms with van der Waals surface area (Å²) in [5.74, 6) is 0. The van der Waals surface area contributed by atoms with Crippen molar-refractivity contribution in [3.05, 3.63) is 206 Å². The summed E-state index contributed by atoms with van der Waals surface area (Å²) in [6.07, 6.45) is 0. The summed E-state index contributed by atoms with van der Waals surface area (Å²) in [5, 5.41) is 11.6. The maximum Gasteiger partial charge on any atom is 0.137 e. The molecule has 12 rings (SSSR count). The van der Waals surface area contributed by atoms with E-state index in [1.165, 1.54) is 21.5 Å². The summed E-state index contributed by atoms with van der Waals surface area (Å²) in [6.45, 7) is 0. The summed E-state index contributed by atoms with van der Waals surface area (Å²) in [4.78, 5) is 4.72. The molecule has 2 heterocycles. The van der Waals surface area contributed by atoms with Gasteiger partial charge in [0.25, 0.3) is 0 Å². The molecule has 4 heteroatoms. The molecule has 0 N–H and O–H groups in total. The Labute approximate surface area is 334 Å². The monoisotopic (exact) mass is 742 g/mol. The van der Waals surface area contributed by atoms with Gasteiger partial charge in [-0.15, -0.1) is 0 Å². The fraction of sp³-hybridized carbons (Fsp3) is 0. The zero-order chi connectivity index (χ0) is 38.2. The van der Waals surface area contributed by atoms with Gasteiger partial charge in [-0.3, -0.25) is 0 Å². The van der Waals surface area contributed by atoms with Crippen LogP contribution in [0, 0.1) is 0 Å². The van der Waals surface area contributed by atoms with Crippen molar-refractivity contribution in [2.75, 3.05) is 9.80 Å². The van der Waals surface area contributed by atoms with E-state index in [0.29, 0.717) is 0 Å². The van der Waals surface area contributed by atoms with Crippen molar-refractivity contribution < 1.29 is 8.83 Å². The van der Waals surface area contributed by atoms with Gasteiger partial charge >= 0.3 is 0 Å². The van der Waals surface area contributed by atoms with Crippen LogP contribution in [-0.4, -0.2) is 0 Å². The molecule has 58 heavy (non-hydrogen) atoms. The van der Waals surface area contributed by atoms with Gasteiger partial charge in [0.15, 0.2) is 0 Å². The highest BCUT2D eigenvalue weighted by Crippen LogP contribution is 2.48. The van der Waals surface area contributed by atoms with Crippen molar-refractivity contribution in [3.63, 3.8) is 0 Å². The molecular formula is C54H34N2O2. The summed E-state index contributed by atoms with van der Waals surface area (Å²) in [7, 11) is 0. The Morgan fingerprint density at radius 3 is 1.36 bits per heavy atom. The Morgan fingerprint density at radius 1 is 0.241 bits per heavy atom. The molecule has 2 aromatic heterocycles. The lowest BCUT2D eigenvalue weighted by molar-refractivity contribution is 0.668. The van der Waals surface area contributed by atoms with E-state index in [9.17, 15) is 0 Å². The summed E-state index contributed by atoms with van der Waals surface area (Å²) in [5.41, 5.74) is 9.64. The standard InChI is InChI=1S/C54H34N2O2/c1-3-14-36(15-4-1)55(38-24-27-47-45-19-9-11-21-51(45)57-53(47)33-38)40-31-49-43-26-23-35-13-7-8-18-41(35)42(43)29-30-44(49)50(32-40)56(37-16-5-2-6-17-37)39-25-28-48-46-20-10-12-22-52(46)58-54(48)34-39/h1-34H. The van der Waals surface area contributed by atoms with Crippen LogP contribution < -0.4 is 9.80 Å². The minimum absolute atomic E-state index is 0.849. The quantitative estimate of drug-likeness (QED) is 0.159. The van der Waals surface area contributed by atoms with Gasteiger partial charge in [0.2, 0.25) is 0 Å². The van der Waals surface area contributed by atoms with Gasteiger partial charge < -0.3 is 18.6 Å². The fourth-order valence-electron chi connectivity index (χ4n) is 8.95. The van der Waals surface area contributed by atoms with Crippen molar-refractivity contribution in [2.24, 2.45) is 0 Å². The zero-order valence-corrected chi connectivity index (χ0v) is 31.3. The third kappa shape index (κ3) is 5.09. The molecule has 10 aromatic carbocycles. The van der Waals surface area contributed by atoms with E-state index in [-0.39, 0.29) is 0 Å². The summed E-state index contributed by atoms with van der Waals surface area (Å²) < 4.78 is 13.0. The van der Waals surface area contributed by atoms with E-state index in [1.54, 1.807) is 0 Å². The second-order valence-corrected chi connectivity index (χ2v) is 14.9. The maximum absolute atomic E-state index is 6.49. The fourth-order valence-corrected chi connectivity index (χ4v) is 8.95. The van der Waals surface area contributed by atoms with E-state index in [4.69, 9.17) is 8.83 Å². The van der Waals surface area contributed by atoms with Gasteiger partial charge in [0.05, 0.1) is 5.69 Å². The summed E-state index contributed by atoms with van der Waals surface area (Å²) >= 11 is 0. The smallest absolute Gasteiger partial charge is 0.137 e. The molecule has 0 fully saturated rings. The van der Waals surface area contributed by atoms with Crippen LogP contribution in [0.4, 0.5) is 34.1 Å². The van der Waals surface area contributed by atoms with Crippen molar-refractivity contribution in [3.8, 4) is 0 Å². The molecule has 0 unspecified atom stereocenters. The predicted molar refractivity (Wildman–Crippen MR) is 243 cm³/mol. The third-order valence-electron chi connectivity index (χ3n) is 11.6. The van der Waals surface area contributed by atoms with Gasteiger partial charge in [-0.05, 0) is 99.7 Å². The number of nitrogens with zero attached hydrogens (tertiary/aromatic N) is 2. The number of rotatable bonds is 6. The van der Waals surface area contributed by atoms with Crippen molar-refractivity contribution in [2.45, 2.75) is 0 Å². The molecule has 0 radical (unpaired) electrons. The number of fused-ring (bicyclic) bond motifs is 11. The van der Waals surface area contributed by atoms with Crippen molar-refractivity contribution in [1.29, 1.82) is 0 Å². The van der Waals surface area contributed by atoms with Gasteiger partial charge in [0, 0.05) is 67.5 Å². The van der Waals surface area contributed by atoms with Gasteiger partial charge in [-0.25, -0.2) is 0 Å². The first-order chi connectivity index (χ1) is 28.7. The van der Waals surface area contributed by atoms with Crippen LogP contribution >= 0.6 is 0 Å². The summed E-state index contributed by atoms with van der Waals surface area (Å²) in [6, 6.07) is 73.4. The molecule has 0 aliphatic carbocycles. The number of para-hydroxylation sites is 4. The van der Waals surface area contributed by atoms with E-state index >= 15 is 0 Å².